The summed E-state index contributed by atoms with van der Waals surface area (Å²) in [7, 11) is 0. The second-order valence-electron chi connectivity index (χ2n) is 5.80. The van der Waals surface area contributed by atoms with Crippen molar-refractivity contribution in [1.29, 1.82) is 0 Å². The number of para-hydroxylation sites is 1. The minimum absolute atomic E-state index is 0.0946. The summed E-state index contributed by atoms with van der Waals surface area (Å²) >= 11 is 0. The Labute approximate surface area is 139 Å². The van der Waals surface area contributed by atoms with Gasteiger partial charge in [-0.2, -0.15) is 0 Å². The molecule has 1 saturated heterocycles. The van der Waals surface area contributed by atoms with Gasteiger partial charge in [-0.05, 0) is 42.8 Å². The lowest BCUT2D eigenvalue weighted by atomic mass is 10.2. The van der Waals surface area contributed by atoms with Gasteiger partial charge < -0.3 is 15.5 Å². The van der Waals surface area contributed by atoms with Crippen LogP contribution in [-0.2, 0) is 4.79 Å². The Bertz CT molecular complexity index is 761. The molecule has 0 spiro atoms. The lowest BCUT2D eigenvalue weighted by Crippen LogP contribution is -2.39. The molecule has 3 amide bonds. The molecule has 2 aromatic rings. The number of rotatable bonds is 3. The fourth-order valence-corrected chi connectivity index (χ4v) is 2.73. The van der Waals surface area contributed by atoms with E-state index in [4.69, 9.17) is 0 Å². The van der Waals surface area contributed by atoms with Crippen LogP contribution >= 0.6 is 0 Å². The van der Waals surface area contributed by atoms with Crippen molar-refractivity contribution in [3.63, 3.8) is 0 Å². The number of hydrogen-bond donors (Lipinski definition) is 2. The van der Waals surface area contributed by atoms with E-state index in [0.29, 0.717) is 12.2 Å². The molecule has 0 aliphatic carbocycles. The van der Waals surface area contributed by atoms with Gasteiger partial charge in [0, 0.05) is 24.3 Å². The molecular formula is C18H18FN3O2. The normalized spacial score (nSPS) is 17.0. The molecule has 1 aliphatic heterocycles. The average Bonchev–Trinajstić information content (AvgIpc) is 2.90. The summed E-state index contributed by atoms with van der Waals surface area (Å²) in [6.45, 7) is 2.27. The van der Waals surface area contributed by atoms with Crippen molar-refractivity contribution in [2.24, 2.45) is 0 Å². The van der Waals surface area contributed by atoms with Crippen LogP contribution in [0.2, 0.25) is 0 Å². The molecule has 0 aromatic heterocycles. The monoisotopic (exact) mass is 327 g/mol. The lowest BCUT2D eigenvalue weighted by molar-refractivity contribution is -0.117. The molecule has 0 saturated carbocycles. The van der Waals surface area contributed by atoms with Crippen molar-refractivity contribution in [1.82, 2.24) is 5.32 Å². The first-order valence-corrected chi connectivity index (χ1v) is 7.72. The fourth-order valence-electron chi connectivity index (χ4n) is 2.73. The van der Waals surface area contributed by atoms with Crippen LogP contribution in [0, 0.1) is 12.7 Å². The first-order chi connectivity index (χ1) is 11.5. The summed E-state index contributed by atoms with van der Waals surface area (Å²) in [5.41, 5.74) is 2.32. The number of benzene rings is 2. The van der Waals surface area contributed by atoms with E-state index in [1.165, 1.54) is 12.1 Å². The number of carbonyl (C=O) groups is 2. The van der Waals surface area contributed by atoms with Crippen LogP contribution in [0.3, 0.4) is 0 Å². The van der Waals surface area contributed by atoms with E-state index < -0.39 is 0 Å². The quantitative estimate of drug-likeness (QED) is 0.910. The van der Waals surface area contributed by atoms with Crippen LogP contribution in [0.15, 0.2) is 48.5 Å². The third kappa shape index (κ3) is 3.53. The minimum Gasteiger partial charge on any atom is -0.333 e. The number of carbonyl (C=O) groups excluding carboxylic acids is 2. The Balaban J connectivity index is 1.61. The molecule has 5 nitrogen and oxygen atoms in total. The highest BCUT2D eigenvalue weighted by Crippen LogP contribution is 2.22. The van der Waals surface area contributed by atoms with Crippen LogP contribution in [0.25, 0.3) is 0 Å². The Hall–Kier alpha value is -2.89. The van der Waals surface area contributed by atoms with Gasteiger partial charge in [-0.25, -0.2) is 9.18 Å². The number of amides is 3. The number of aryl methyl sites for hydroxylation is 1. The summed E-state index contributed by atoms with van der Waals surface area (Å²) in [4.78, 5) is 25.8. The molecule has 6 heteroatoms. The maximum absolute atomic E-state index is 13.0. The summed E-state index contributed by atoms with van der Waals surface area (Å²) < 4.78 is 13.0. The van der Waals surface area contributed by atoms with Crippen molar-refractivity contribution in [3.8, 4) is 0 Å². The van der Waals surface area contributed by atoms with Crippen molar-refractivity contribution >= 4 is 23.3 Å². The Kier molecular flexibility index (Phi) is 4.46. The number of nitrogens with zero attached hydrogens (tertiary/aromatic N) is 1. The van der Waals surface area contributed by atoms with Gasteiger partial charge in [0.15, 0.2) is 0 Å². The number of urea groups is 1. The second kappa shape index (κ2) is 6.70. The molecule has 1 atom stereocenters. The molecule has 2 N–H and O–H groups in total. The zero-order chi connectivity index (χ0) is 17.1. The van der Waals surface area contributed by atoms with Crippen molar-refractivity contribution in [2.45, 2.75) is 19.4 Å². The third-order valence-corrected chi connectivity index (χ3v) is 3.99. The molecule has 1 aliphatic rings. The molecule has 1 fully saturated rings. The maximum atomic E-state index is 13.0. The van der Waals surface area contributed by atoms with E-state index in [1.54, 1.807) is 17.0 Å². The van der Waals surface area contributed by atoms with Crippen molar-refractivity contribution < 1.29 is 14.0 Å². The minimum atomic E-state index is -0.349. The molecular weight excluding hydrogens is 309 g/mol. The summed E-state index contributed by atoms with van der Waals surface area (Å²) in [6, 6.07) is 12.6. The molecule has 1 heterocycles. The molecule has 2 aromatic carbocycles. The molecule has 0 bridgehead atoms. The molecule has 0 unspecified atom stereocenters. The summed E-state index contributed by atoms with van der Waals surface area (Å²) in [6.07, 6.45) is 0.221. The molecule has 24 heavy (non-hydrogen) atoms. The average molecular weight is 327 g/mol. The summed E-state index contributed by atoms with van der Waals surface area (Å²) in [5.74, 6) is -0.444. The van der Waals surface area contributed by atoms with Gasteiger partial charge in [0.25, 0.3) is 0 Å². The van der Waals surface area contributed by atoms with Gasteiger partial charge in [-0.3, -0.25) is 4.79 Å². The van der Waals surface area contributed by atoms with Gasteiger partial charge >= 0.3 is 6.03 Å². The van der Waals surface area contributed by atoms with Gasteiger partial charge in [-0.1, -0.05) is 18.2 Å². The van der Waals surface area contributed by atoms with Crippen molar-refractivity contribution in [3.05, 3.63) is 59.9 Å². The van der Waals surface area contributed by atoms with Crippen LogP contribution in [0.4, 0.5) is 20.6 Å². The number of hydrogen-bond acceptors (Lipinski definition) is 2. The zero-order valence-corrected chi connectivity index (χ0v) is 13.3. The number of halogens is 1. The topological polar surface area (TPSA) is 61.4 Å². The van der Waals surface area contributed by atoms with Crippen molar-refractivity contribution in [2.75, 3.05) is 16.8 Å². The van der Waals surface area contributed by atoms with Gasteiger partial charge in [-0.15, -0.1) is 0 Å². The summed E-state index contributed by atoms with van der Waals surface area (Å²) in [5, 5.41) is 5.59. The highest BCUT2D eigenvalue weighted by Gasteiger charge is 2.31. The van der Waals surface area contributed by atoms with E-state index in [-0.39, 0.29) is 30.2 Å². The zero-order valence-electron chi connectivity index (χ0n) is 13.3. The Morgan fingerprint density at radius 1 is 1.17 bits per heavy atom. The predicted molar refractivity (Wildman–Crippen MR) is 90.5 cm³/mol. The van der Waals surface area contributed by atoms with Gasteiger partial charge in [0.2, 0.25) is 5.91 Å². The van der Waals surface area contributed by atoms with E-state index in [0.717, 1.165) is 11.3 Å². The van der Waals surface area contributed by atoms with E-state index in [1.807, 2.05) is 31.2 Å². The highest BCUT2D eigenvalue weighted by atomic mass is 19.1. The number of anilines is 2. The van der Waals surface area contributed by atoms with Gasteiger partial charge in [0.1, 0.15) is 5.82 Å². The van der Waals surface area contributed by atoms with Crippen LogP contribution in [-0.4, -0.2) is 24.5 Å². The third-order valence-electron chi connectivity index (χ3n) is 3.99. The van der Waals surface area contributed by atoms with E-state index >= 15 is 0 Å². The van der Waals surface area contributed by atoms with E-state index in [9.17, 15) is 14.0 Å². The first-order valence-electron chi connectivity index (χ1n) is 7.72. The Morgan fingerprint density at radius 2 is 1.88 bits per heavy atom. The highest BCUT2D eigenvalue weighted by molar-refractivity contribution is 5.97. The fraction of sp³-hybridized carbons (Fsp3) is 0.222. The molecule has 3 rings (SSSR count). The smallest absolute Gasteiger partial charge is 0.319 e. The van der Waals surface area contributed by atoms with Crippen LogP contribution in [0.5, 0.6) is 0 Å². The van der Waals surface area contributed by atoms with Crippen LogP contribution < -0.4 is 15.5 Å². The second-order valence-corrected chi connectivity index (χ2v) is 5.80. The molecule has 124 valence electrons. The van der Waals surface area contributed by atoms with Crippen LogP contribution in [0.1, 0.15) is 12.0 Å². The maximum Gasteiger partial charge on any atom is 0.319 e. The number of nitrogens with one attached hydrogen (secondary N) is 2. The first kappa shape index (κ1) is 16.0. The lowest BCUT2D eigenvalue weighted by Gasteiger charge is -2.17. The predicted octanol–water partition coefficient (Wildman–Crippen LogP) is 3.06. The van der Waals surface area contributed by atoms with E-state index in [2.05, 4.69) is 10.6 Å². The SMILES string of the molecule is Cc1ccccc1NC(=O)N[C@@H]1CC(=O)N(c2ccc(F)cc2)C1. The Morgan fingerprint density at radius 3 is 2.58 bits per heavy atom. The standard InChI is InChI=1S/C18H18FN3O2/c1-12-4-2-3-5-16(12)21-18(24)20-14-10-17(23)22(11-14)15-8-6-13(19)7-9-15/h2-9,14H,10-11H2,1H3,(H2,20,21,24)/t14-/m1/s1. The largest absolute Gasteiger partial charge is 0.333 e. The van der Waals surface area contributed by atoms with Gasteiger partial charge in [0.05, 0.1) is 6.04 Å². The molecule has 0 radical (unpaired) electrons.